The van der Waals surface area contributed by atoms with Gasteiger partial charge >= 0.3 is 0 Å². The zero-order chi connectivity index (χ0) is 14.4. The molecule has 4 rings (SSSR count). The number of fused-ring (bicyclic) bond motifs is 4. The van der Waals surface area contributed by atoms with Crippen LogP contribution in [-0.4, -0.2) is 33.6 Å². The number of aliphatic hydroxyl groups is 1. The normalized spacial score (nSPS) is 34.6. The van der Waals surface area contributed by atoms with E-state index >= 15 is 0 Å². The third-order valence-corrected chi connectivity index (χ3v) is 5.28. The molecule has 1 aromatic heterocycles. The molecule has 1 aromatic rings. The van der Waals surface area contributed by atoms with Gasteiger partial charge in [0.2, 0.25) is 0 Å². The van der Waals surface area contributed by atoms with Crippen LogP contribution in [0, 0.1) is 0 Å². The number of rotatable bonds is 2. The molecule has 0 amide bonds. The lowest BCUT2D eigenvalue weighted by Gasteiger charge is -2.31. The average molecular weight is 310 g/mol. The second kappa shape index (κ2) is 5.38. The maximum Gasteiger partial charge on any atom is 0.155 e. The molecule has 2 fully saturated rings. The summed E-state index contributed by atoms with van der Waals surface area (Å²) in [6.07, 6.45) is 7.00. The Kier molecular flexibility index (Phi) is 3.52. The van der Waals surface area contributed by atoms with Gasteiger partial charge in [0.15, 0.2) is 11.0 Å². The third kappa shape index (κ3) is 2.41. The lowest BCUT2D eigenvalue weighted by Crippen LogP contribution is -2.37. The first-order valence-electron chi connectivity index (χ1n) is 7.87. The smallest absolute Gasteiger partial charge is 0.155 e. The summed E-state index contributed by atoms with van der Waals surface area (Å²) >= 11 is 6.24. The van der Waals surface area contributed by atoms with Gasteiger partial charge in [-0.2, -0.15) is 0 Å². The highest BCUT2D eigenvalue weighted by Gasteiger charge is 2.38. The first kappa shape index (κ1) is 13.7. The fraction of sp³-hybridized carbons (Fsp3) is 0.733. The number of nitrogens with zero attached hydrogens (tertiary/aromatic N) is 2. The molecule has 0 radical (unpaired) electrons. The molecule has 2 aliphatic heterocycles. The van der Waals surface area contributed by atoms with Crippen LogP contribution in [0.4, 0.5) is 5.82 Å². The van der Waals surface area contributed by atoms with E-state index in [0.29, 0.717) is 5.15 Å². The summed E-state index contributed by atoms with van der Waals surface area (Å²) in [5, 5.41) is 22.4. The van der Waals surface area contributed by atoms with E-state index in [2.05, 4.69) is 15.5 Å². The van der Waals surface area contributed by atoms with E-state index < -0.39 is 0 Å². The van der Waals surface area contributed by atoms with Gasteiger partial charge < -0.3 is 15.2 Å². The predicted molar refractivity (Wildman–Crippen MR) is 79.5 cm³/mol. The Morgan fingerprint density at radius 3 is 2.86 bits per heavy atom. The van der Waals surface area contributed by atoms with Crippen molar-refractivity contribution in [2.24, 2.45) is 0 Å². The van der Waals surface area contributed by atoms with E-state index in [0.717, 1.165) is 61.9 Å². The zero-order valence-electron chi connectivity index (χ0n) is 11.9. The molecule has 3 heterocycles. The van der Waals surface area contributed by atoms with Crippen molar-refractivity contribution in [3.63, 3.8) is 0 Å². The van der Waals surface area contributed by atoms with Crippen LogP contribution in [-0.2, 0) is 11.2 Å². The van der Waals surface area contributed by atoms with E-state index in [4.69, 9.17) is 16.3 Å². The van der Waals surface area contributed by atoms with Crippen LogP contribution in [0.5, 0.6) is 0 Å². The first-order chi connectivity index (χ1) is 10.2. The summed E-state index contributed by atoms with van der Waals surface area (Å²) < 4.78 is 6.01. The van der Waals surface area contributed by atoms with Crippen LogP contribution in [0.3, 0.4) is 0 Å². The molecular weight excluding hydrogens is 290 g/mol. The van der Waals surface area contributed by atoms with Crippen molar-refractivity contribution in [3.05, 3.63) is 16.3 Å². The van der Waals surface area contributed by atoms with Gasteiger partial charge in [0.05, 0.1) is 24.4 Å². The van der Waals surface area contributed by atoms with E-state index in [1.54, 1.807) is 0 Å². The van der Waals surface area contributed by atoms with Gasteiger partial charge in [-0.25, -0.2) is 0 Å². The third-order valence-electron chi connectivity index (χ3n) is 4.98. The summed E-state index contributed by atoms with van der Waals surface area (Å²) in [6, 6.07) is 0.0532. The van der Waals surface area contributed by atoms with Crippen molar-refractivity contribution in [2.45, 2.75) is 69.3 Å². The number of hydrogen-bond acceptors (Lipinski definition) is 5. The van der Waals surface area contributed by atoms with Crippen molar-refractivity contribution in [1.82, 2.24) is 10.2 Å². The van der Waals surface area contributed by atoms with Gasteiger partial charge in [0.1, 0.15) is 0 Å². The SMILES string of the molecule is O[C@@H]1CCCCC1Nc1nnc(Cl)c2c1[C@@H]1CC[C@H](C2)O1. The Balaban J connectivity index is 1.67. The number of aliphatic hydroxyl groups excluding tert-OH is 1. The fourth-order valence-electron chi connectivity index (χ4n) is 3.86. The van der Waals surface area contributed by atoms with E-state index in [1.165, 1.54) is 0 Å². The van der Waals surface area contributed by atoms with Crippen LogP contribution in [0.25, 0.3) is 0 Å². The minimum absolute atomic E-state index is 0.0532. The summed E-state index contributed by atoms with van der Waals surface area (Å²) in [6.45, 7) is 0. The molecule has 5 nitrogen and oxygen atoms in total. The van der Waals surface area contributed by atoms with Crippen LogP contribution in [0.2, 0.25) is 5.15 Å². The molecule has 6 heteroatoms. The minimum atomic E-state index is -0.312. The Labute approximate surface area is 129 Å². The lowest BCUT2D eigenvalue weighted by atomic mass is 9.92. The van der Waals surface area contributed by atoms with Crippen LogP contribution < -0.4 is 5.32 Å². The highest BCUT2D eigenvalue weighted by molar-refractivity contribution is 6.30. The Bertz CT molecular complexity index is 554. The minimum Gasteiger partial charge on any atom is -0.391 e. The maximum atomic E-state index is 10.2. The van der Waals surface area contributed by atoms with Gasteiger partial charge in [-0.3, -0.25) is 0 Å². The topological polar surface area (TPSA) is 67.3 Å². The Morgan fingerprint density at radius 1 is 1.14 bits per heavy atom. The molecule has 2 bridgehead atoms. The van der Waals surface area contributed by atoms with Gasteiger partial charge in [0.25, 0.3) is 0 Å². The molecular formula is C15H20ClN3O2. The van der Waals surface area contributed by atoms with Crippen molar-refractivity contribution >= 4 is 17.4 Å². The molecule has 1 unspecified atom stereocenters. The van der Waals surface area contributed by atoms with Crippen molar-refractivity contribution in [2.75, 3.05) is 5.32 Å². The predicted octanol–water partition coefficient (Wildman–Crippen LogP) is 2.62. The summed E-state index contributed by atoms with van der Waals surface area (Å²) in [5.41, 5.74) is 2.15. The summed E-state index contributed by atoms with van der Waals surface area (Å²) in [5.74, 6) is 0.755. The van der Waals surface area contributed by atoms with Gasteiger partial charge in [0, 0.05) is 17.5 Å². The Morgan fingerprint density at radius 2 is 2.00 bits per heavy atom. The molecule has 114 valence electrons. The average Bonchev–Trinajstić information content (AvgIpc) is 2.86. The lowest BCUT2D eigenvalue weighted by molar-refractivity contribution is 0.0322. The molecule has 0 spiro atoms. The van der Waals surface area contributed by atoms with Gasteiger partial charge in [-0.15, -0.1) is 10.2 Å². The second-order valence-corrected chi connectivity index (χ2v) is 6.72. The van der Waals surface area contributed by atoms with Gasteiger partial charge in [-0.05, 0) is 25.7 Å². The quantitative estimate of drug-likeness (QED) is 0.879. The number of ether oxygens (including phenoxy) is 1. The number of halogens is 1. The maximum absolute atomic E-state index is 10.2. The highest BCUT2D eigenvalue weighted by atomic mass is 35.5. The number of hydrogen-bond donors (Lipinski definition) is 2. The fourth-order valence-corrected chi connectivity index (χ4v) is 4.08. The largest absolute Gasteiger partial charge is 0.391 e. The molecule has 2 N–H and O–H groups in total. The first-order valence-corrected chi connectivity index (χ1v) is 8.25. The summed E-state index contributed by atoms with van der Waals surface area (Å²) in [4.78, 5) is 0. The van der Waals surface area contributed by atoms with E-state index in [-0.39, 0.29) is 24.4 Å². The Hall–Kier alpha value is -0.910. The highest BCUT2D eigenvalue weighted by Crippen LogP contribution is 2.45. The molecule has 4 atom stereocenters. The van der Waals surface area contributed by atoms with Crippen molar-refractivity contribution in [1.29, 1.82) is 0 Å². The molecule has 21 heavy (non-hydrogen) atoms. The molecule has 1 aliphatic carbocycles. The standard InChI is InChI=1S/C15H20ClN3O2/c16-14-9-7-8-5-6-12(21-8)13(9)15(19-18-14)17-10-3-1-2-4-11(10)20/h8,10-12,20H,1-7H2,(H,17,19)/t8-,10?,11-,12+/m1/s1. The van der Waals surface area contributed by atoms with E-state index in [9.17, 15) is 5.11 Å². The van der Waals surface area contributed by atoms with Gasteiger partial charge in [-0.1, -0.05) is 24.4 Å². The van der Waals surface area contributed by atoms with E-state index in [1.807, 2.05) is 0 Å². The van der Waals surface area contributed by atoms with Crippen LogP contribution in [0.1, 0.15) is 55.8 Å². The molecule has 1 saturated carbocycles. The van der Waals surface area contributed by atoms with Crippen LogP contribution in [0.15, 0.2) is 0 Å². The monoisotopic (exact) mass is 309 g/mol. The molecule has 3 aliphatic rings. The number of aromatic nitrogens is 2. The summed E-state index contributed by atoms with van der Waals surface area (Å²) in [7, 11) is 0. The van der Waals surface area contributed by atoms with Crippen LogP contribution >= 0.6 is 11.6 Å². The molecule has 0 aromatic carbocycles. The zero-order valence-corrected chi connectivity index (χ0v) is 12.6. The molecule has 1 saturated heterocycles. The number of nitrogens with one attached hydrogen (secondary N) is 1. The second-order valence-electron chi connectivity index (χ2n) is 6.36. The number of anilines is 1. The van der Waals surface area contributed by atoms with Crippen molar-refractivity contribution in [3.8, 4) is 0 Å². The van der Waals surface area contributed by atoms with Crippen molar-refractivity contribution < 1.29 is 9.84 Å².